The zero-order chi connectivity index (χ0) is 21.3. The van der Waals surface area contributed by atoms with E-state index in [-0.39, 0.29) is 6.42 Å². The van der Waals surface area contributed by atoms with Crippen LogP contribution in [0.3, 0.4) is 0 Å². The fraction of sp³-hybridized carbons (Fsp3) is 0.444. The van der Waals surface area contributed by atoms with E-state index in [9.17, 15) is 13.2 Å². The molecule has 11 heteroatoms. The summed E-state index contributed by atoms with van der Waals surface area (Å²) in [5, 5.41) is 6.94. The van der Waals surface area contributed by atoms with E-state index in [1.54, 1.807) is 36.1 Å². The van der Waals surface area contributed by atoms with Crippen molar-refractivity contribution in [1.29, 1.82) is 0 Å². The standard InChI is InChI=1S/C18H25N5O5S/c1-11-13(10-19-22(11)2)14-9-15(23(3)29(25,26)21-14)18(24)20-12-6-7-16(27-4)17(8-12)28-5/h6-8,10,14-15,21H,9H2,1-5H3,(H,20,24)/t14-,15-/m1/s1. The first-order valence-corrected chi connectivity index (χ1v) is 10.4. The van der Waals surface area contributed by atoms with Gasteiger partial charge in [-0.05, 0) is 25.5 Å². The van der Waals surface area contributed by atoms with E-state index >= 15 is 0 Å². The molecular formula is C18H25N5O5S. The van der Waals surface area contributed by atoms with Gasteiger partial charge in [-0.3, -0.25) is 9.48 Å². The molecule has 1 aliphatic heterocycles. The van der Waals surface area contributed by atoms with Gasteiger partial charge in [-0.25, -0.2) is 0 Å². The maximum atomic E-state index is 12.9. The summed E-state index contributed by atoms with van der Waals surface area (Å²) in [6, 6.07) is 3.51. The molecule has 0 bridgehead atoms. The van der Waals surface area contributed by atoms with Gasteiger partial charge in [0, 0.05) is 37.1 Å². The van der Waals surface area contributed by atoms with Crippen LogP contribution in [0.15, 0.2) is 24.4 Å². The molecule has 1 aromatic heterocycles. The van der Waals surface area contributed by atoms with E-state index in [1.165, 1.54) is 21.3 Å². The maximum absolute atomic E-state index is 12.9. The summed E-state index contributed by atoms with van der Waals surface area (Å²) in [4.78, 5) is 12.9. The monoisotopic (exact) mass is 423 g/mol. The second kappa shape index (κ2) is 8.01. The van der Waals surface area contributed by atoms with Crippen LogP contribution >= 0.6 is 0 Å². The van der Waals surface area contributed by atoms with Gasteiger partial charge in [-0.2, -0.15) is 22.5 Å². The molecule has 0 radical (unpaired) electrons. The van der Waals surface area contributed by atoms with Crippen LogP contribution in [0.25, 0.3) is 0 Å². The first-order valence-electron chi connectivity index (χ1n) is 8.94. The Labute approximate surface area is 170 Å². The molecule has 0 aliphatic carbocycles. The lowest BCUT2D eigenvalue weighted by Crippen LogP contribution is -2.56. The second-order valence-corrected chi connectivity index (χ2v) is 8.57. The minimum atomic E-state index is -3.84. The zero-order valence-corrected chi connectivity index (χ0v) is 17.8. The summed E-state index contributed by atoms with van der Waals surface area (Å²) in [7, 11) is 2.35. The van der Waals surface area contributed by atoms with Crippen LogP contribution in [-0.4, -0.2) is 55.7 Å². The molecule has 10 nitrogen and oxygen atoms in total. The summed E-state index contributed by atoms with van der Waals surface area (Å²) < 4.78 is 41.0. The zero-order valence-electron chi connectivity index (χ0n) is 17.0. The third kappa shape index (κ3) is 4.07. The lowest BCUT2D eigenvalue weighted by atomic mass is 10.00. The van der Waals surface area contributed by atoms with E-state index in [1.807, 2.05) is 6.92 Å². The van der Waals surface area contributed by atoms with Crippen molar-refractivity contribution in [3.05, 3.63) is 35.7 Å². The molecule has 0 spiro atoms. The van der Waals surface area contributed by atoms with Crippen LogP contribution in [0, 0.1) is 6.92 Å². The number of aromatic nitrogens is 2. The number of hydrogen-bond acceptors (Lipinski definition) is 6. The van der Waals surface area contributed by atoms with Gasteiger partial charge in [-0.1, -0.05) is 0 Å². The van der Waals surface area contributed by atoms with Gasteiger partial charge in [0.2, 0.25) is 5.91 Å². The molecule has 1 amide bonds. The number of amides is 1. The summed E-state index contributed by atoms with van der Waals surface area (Å²) in [5.41, 5.74) is 2.06. The number of likely N-dealkylation sites (N-methyl/N-ethyl adjacent to an activating group) is 1. The van der Waals surface area contributed by atoms with Crippen molar-refractivity contribution < 1.29 is 22.7 Å². The van der Waals surface area contributed by atoms with Crippen molar-refractivity contribution >= 4 is 21.8 Å². The number of ether oxygens (including phenoxy) is 2. The van der Waals surface area contributed by atoms with Gasteiger partial charge < -0.3 is 14.8 Å². The molecular weight excluding hydrogens is 398 g/mol. The lowest BCUT2D eigenvalue weighted by molar-refractivity contribution is -0.120. The van der Waals surface area contributed by atoms with Crippen molar-refractivity contribution in [2.75, 3.05) is 26.6 Å². The number of rotatable bonds is 5. The van der Waals surface area contributed by atoms with Gasteiger partial charge in [0.15, 0.2) is 11.5 Å². The number of methoxy groups -OCH3 is 2. The largest absolute Gasteiger partial charge is 0.493 e. The van der Waals surface area contributed by atoms with Crippen molar-refractivity contribution in [2.45, 2.75) is 25.4 Å². The number of anilines is 1. The van der Waals surface area contributed by atoms with Crippen LogP contribution in [0.1, 0.15) is 23.7 Å². The summed E-state index contributed by atoms with van der Waals surface area (Å²) in [6.07, 6.45) is 1.89. The number of hydrogen-bond donors (Lipinski definition) is 2. The topological polar surface area (TPSA) is 115 Å². The highest BCUT2D eigenvalue weighted by molar-refractivity contribution is 7.87. The van der Waals surface area contributed by atoms with Crippen molar-refractivity contribution in [3.8, 4) is 11.5 Å². The first kappa shape index (κ1) is 21.1. The smallest absolute Gasteiger partial charge is 0.280 e. The Balaban J connectivity index is 1.85. The highest BCUT2D eigenvalue weighted by atomic mass is 32.2. The predicted molar refractivity (Wildman–Crippen MR) is 107 cm³/mol. The third-order valence-electron chi connectivity index (χ3n) is 5.17. The Morgan fingerprint density at radius 2 is 1.93 bits per heavy atom. The van der Waals surface area contributed by atoms with Gasteiger partial charge in [0.05, 0.1) is 26.5 Å². The summed E-state index contributed by atoms with van der Waals surface area (Å²) in [5.74, 6) is 0.552. The van der Waals surface area contributed by atoms with Crippen molar-refractivity contribution in [1.82, 2.24) is 18.8 Å². The highest BCUT2D eigenvalue weighted by Crippen LogP contribution is 2.32. The Kier molecular flexibility index (Phi) is 5.82. The molecule has 0 saturated carbocycles. The first-order chi connectivity index (χ1) is 13.7. The molecule has 2 atom stereocenters. The number of aryl methyl sites for hydroxylation is 1. The quantitative estimate of drug-likeness (QED) is 0.740. The Hall–Kier alpha value is -2.63. The molecule has 158 valence electrons. The van der Waals surface area contributed by atoms with Crippen LogP contribution in [0.4, 0.5) is 5.69 Å². The normalized spacial score (nSPS) is 21.6. The number of benzene rings is 1. The third-order valence-corrected chi connectivity index (χ3v) is 6.77. The average molecular weight is 423 g/mol. The fourth-order valence-corrected chi connectivity index (χ4v) is 4.58. The van der Waals surface area contributed by atoms with Crippen LogP contribution in [-0.2, 0) is 22.1 Å². The summed E-state index contributed by atoms with van der Waals surface area (Å²) in [6.45, 7) is 1.85. The van der Waals surface area contributed by atoms with Gasteiger partial charge in [0.25, 0.3) is 10.2 Å². The van der Waals surface area contributed by atoms with E-state index in [2.05, 4.69) is 15.1 Å². The van der Waals surface area contributed by atoms with Crippen molar-refractivity contribution in [2.24, 2.45) is 7.05 Å². The molecule has 1 saturated heterocycles. The van der Waals surface area contributed by atoms with Crippen LogP contribution < -0.4 is 19.5 Å². The fourth-order valence-electron chi connectivity index (χ4n) is 3.31. The maximum Gasteiger partial charge on any atom is 0.280 e. The minimum Gasteiger partial charge on any atom is -0.493 e. The SMILES string of the molecule is COc1ccc(NC(=O)[C@H]2C[C@H](c3cnn(C)c3C)NS(=O)(=O)N2C)cc1OC. The molecule has 0 unspecified atom stereocenters. The number of carbonyl (C=O) groups is 1. The molecule has 1 aromatic carbocycles. The molecule has 1 aliphatic rings. The van der Waals surface area contributed by atoms with Gasteiger partial charge in [-0.15, -0.1) is 0 Å². The predicted octanol–water partition coefficient (Wildman–Crippen LogP) is 0.964. The Morgan fingerprint density at radius 3 is 2.52 bits per heavy atom. The van der Waals surface area contributed by atoms with Gasteiger partial charge >= 0.3 is 0 Å². The highest BCUT2D eigenvalue weighted by Gasteiger charge is 2.41. The molecule has 2 N–H and O–H groups in total. The van der Waals surface area contributed by atoms with Crippen molar-refractivity contribution in [3.63, 3.8) is 0 Å². The summed E-state index contributed by atoms with van der Waals surface area (Å²) >= 11 is 0. The van der Waals surface area contributed by atoms with E-state index in [0.29, 0.717) is 17.2 Å². The van der Waals surface area contributed by atoms with Gasteiger partial charge in [0.1, 0.15) is 6.04 Å². The Bertz CT molecular complexity index is 1020. The number of carbonyl (C=O) groups excluding carboxylic acids is 1. The van der Waals surface area contributed by atoms with E-state index < -0.39 is 28.2 Å². The second-order valence-electron chi connectivity index (χ2n) is 6.81. The van der Waals surface area contributed by atoms with Crippen LogP contribution in [0.2, 0.25) is 0 Å². The lowest BCUT2D eigenvalue weighted by Gasteiger charge is -2.36. The number of nitrogens with zero attached hydrogens (tertiary/aromatic N) is 3. The molecule has 2 heterocycles. The average Bonchev–Trinajstić information content (AvgIpc) is 3.02. The van der Waals surface area contributed by atoms with E-state index in [4.69, 9.17) is 9.47 Å². The Morgan fingerprint density at radius 1 is 1.24 bits per heavy atom. The molecule has 1 fully saturated rings. The van der Waals surface area contributed by atoms with Crippen LogP contribution in [0.5, 0.6) is 11.5 Å². The minimum absolute atomic E-state index is 0.265. The molecule has 29 heavy (non-hydrogen) atoms. The molecule has 2 aromatic rings. The number of nitrogens with one attached hydrogen (secondary N) is 2. The molecule has 3 rings (SSSR count). The van der Waals surface area contributed by atoms with E-state index in [0.717, 1.165) is 15.6 Å².